The molecule has 3 aromatic carbocycles. The fourth-order valence-corrected chi connectivity index (χ4v) is 3.48. The lowest BCUT2D eigenvalue weighted by atomic mass is 9.76. The predicted molar refractivity (Wildman–Crippen MR) is 113 cm³/mol. The number of nitrogens with two attached hydrogens (primary N) is 1. The molecule has 0 spiro atoms. The van der Waals surface area contributed by atoms with Crippen molar-refractivity contribution in [2.75, 3.05) is 0 Å². The van der Waals surface area contributed by atoms with E-state index >= 15 is 0 Å². The highest BCUT2D eigenvalue weighted by molar-refractivity contribution is 5.76. The zero-order valence-electron chi connectivity index (χ0n) is 16.9. The van der Waals surface area contributed by atoms with Crippen LogP contribution in [0.15, 0.2) is 72.8 Å². The third-order valence-electron chi connectivity index (χ3n) is 4.98. The van der Waals surface area contributed by atoms with Gasteiger partial charge in [0.25, 0.3) is 0 Å². The minimum absolute atomic E-state index is 0.228. The van der Waals surface area contributed by atoms with Crippen LogP contribution >= 0.6 is 0 Å². The maximum atomic E-state index is 12.4. The topological polar surface area (TPSA) is 52.3 Å². The van der Waals surface area contributed by atoms with E-state index in [0.29, 0.717) is 5.75 Å². The Labute approximate surface area is 167 Å². The van der Waals surface area contributed by atoms with Gasteiger partial charge in [-0.05, 0) is 36.6 Å². The first kappa shape index (κ1) is 19.8. The number of carbonyl (C=O) groups excluding carboxylic acids is 1. The van der Waals surface area contributed by atoms with Crippen LogP contribution < -0.4 is 10.5 Å². The molecule has 3 nitrogen and oxygen atoms in total. The molecule has 28 heavy (non-hydrogen) atoms. The molecule has 0 unspecified atom stereocenters. The average molecular weight is 373 g/mol. The molecule has 0 saturated carbocycles. The van der Waals surface area contributed by atoms with Gasteiger partial charge in [0.15, 0.2) is 0 Å². The van der Waals surface area contributed by atoms with Crippen LogP contribution in [-0.4, -0.2) is 5.97 Å². The van der Waals surface area contributed by atoms with Crippen LogP contribution in [0.5, 0.6) is 5.75 Å². The van der Waals surface area contributed by atoms with Crippen LogP contribution in [0.1, 0.15) is 41.7 Å². The summed E-state index contributed by atoms with van der Waals surface area (Å²) in [4.78, 5) is 12.4. The van der Waals surface area contributed by atoms with Gasteiger partial charge in [0.1, 0.15) is 5.75 Å². The summed E-state index contributed by atoms with van der Waals surface area (Å²) >= 11 is 0. The molecule has 144 valence electrons. The van der Waals surface area contributed by atoms with Gasteiger partial charge in [0, 0.05) is 5.56 Å². The summed E-state index contributed by atoms with van der Waals surface area (Å²) < 4.78 is 5.86. The standard InChI is InChI=1S/C25H27NO2/c1-17(2)24(27)28-23-19(4)15-18(3)16-22(23)25(26,20-11-7-5-8-12-20)21-13-9-6-10-14-21/h5-17H,26H2,1-4H3. The summed E-state index contributed by atoms with van der Waals surface area (Å²) in [7, 11) is 0. The van der Waals surface area contributed by atoms with Gasteiger partial charge in [-0.2, -0.15) is 0 Å². The highest BCUT2D eigenvalue weighted by Crippen LogP contribution is 2.41. The Morgan fingerprint density at radius 2 is 1.39 bits per heavy atom. The van der Waals surface area contributed by atoms with Crippen molar-refractivity contribution in [1.82, 2.24) is 0 Å². The van der Waals surface area contributed by atoms with Crippen molar-refractivity contribution >= 4 is 5.97 Å². The van der Waals surface area contributed by atoms with E-state index in [1.54, 1.807) is 0 Å². The molecule has 0 atom stereocenters. The normalized spacial score (nSPS) is 11.5. The Hall–Kier alpha value is -2.91. The Morgan fingerprint density at radius 1 is 0.893 bits per heavy atom. The minimum atomic E-state index is -0.952. The molecule has 0 radical (unpaired) electrons. The van der Waals surface area contributed by atoms with Gasteiger partial charge in [-0.1, -0.05) is 86.1 Å². The van der Waals surface area contributed by atoms with Crippen molar-refractivity contribution in [3.63, 3.8) is 0 Å². The van der Waals surface area contributed by atoms with E-state index in [4.69, 9.17) is 10.5 Å². The van der Waals surface area contributed by atoms with E-state index in [0.717, 1.165) is 27.8 Å². The van der Waals surface area contributed by atoms with Crippen molar-refractivity contribution < 1.29 is 9.53 Å². The maximum absolute atomic E-state index is 12.4. The lowest BCUT2D eigenvalue weighted by molar-refractivity contribution is -0.137. The molecular formula is C25H27NO2. The molecule has 0 aromatic heterocycles. The van der Waals surface area contributed by atoms with E-state index < -0.39 is 5.54 Å². The first-order valence-electron chi connectivity index (χ1n) is 9.57. The van der Waals surface area contributed by atoms with E-state index in [2.05, 4.69) is 0 Å². The fraction of sp³-hybridized carbons (Fsp3) is 0.240. The van der Waals surface area contributed by atoms with Crippen molar-refractivity contribution in [1.29, 1.82) is 0 Å². The molecule has 0 bridgehead atoms. The highest BCUT2D eigenvalue weighted by atomic mass is 16.5. The second-order valence-electron chi connectivity index (χ2n) is 7.57. The maximum Gasteiger partial charge on any atom is 0.313 e. The summed E-state index contributed by atoms with van der Waals surface area (Å²) in [6.07, 6.45) is 0. The molecule has 0 fully saturated rings. The lowest BCUT2D eigenvalue weighted by Gasteiger charge is -2.33. The molecule has 3 aromatic rings. The van der Waals surface area contributed by atoms with Gasteiger partial charge in [-0.25, -0.2) is 0 Å². The van der Waals surface area contributed by atoms with E-state index in [1.807, 2.05) is 100 Å². The van der Waals surface area contributed by atoms with Crippen LogP contribution in [0.2, 0.25) is 0 Å². The molecule has 0 aliphatic rings. The third-order valence-corrected chi connectivity index (χ3v) is 4.98. The van der Waals surface area contributed by atoms with Crippen molar-refractivity contribution in [2.24, 2.45) is 11.7 Å². The van der Waals surface area contributed by atoms with Crippen molar-refractivity contribution in [2.45, 2.75) is 33.2 Å². The Balaban J connectivity index is 2.31. The van der Waals surface area contributed by atoms with E-state index in [9.17, 15) is 4.79 Å². The van der Waals surface area contributed by atoms with Gasteiger partial charge in [0.05, 0.1) is 11.5 Å². The van der Waals surface area contributed by atoms with E-state index in [1.165, 1.54) is 0 Å². The highest BCUT2D eigenvalue weighted by Gasteiger charge is 2.36. The first-order valence-corrected chi connectivity index (χ1v) is 9.57. The van der Waals surface area contributed by atoms with Crippen LogP contribution in [-0.2, 0) is 10.3 Å². The molecule has 0 heterocycles. The number of hydrogen-bond donors (Lipinski definition) is 1. The first-order chi connectivity index (χ1) is 13.3. The number of ether oxygens (including phenoxy) is 1. The SMILES string of the molecule is Cc1cc(C)c(OC(=O)C(C)C)c(C(N)(c2ccccc2)c2ccccc2)c1. The smallest absolute Gasteiger partial charge is 0.313 e. The van der Waals surface area contributed by atoms with Gasteiger partial charge in [-0.15, -0.1) is 0 Å². The van der Waals surface area contributed by atoms with Gasteiger partial charge in [-0.3, -0.25) is 4.79 Å². The predicted octanol–water partition coefficient (Wildman–Crippen LogP) is 5.12. The Bertz CT molecular complexity index is 923. The minimum Gasteiger partial charge on any atom is -0.426 e. The van der Waals surface area contributed by atoms with Gasteiger partial charge in [0.2, 0.25) is 0 Å². The molecule has 0 aliphatic heterocycles. The average Bonchev–Trinajstić information content (AvgIpc) is 2.70. The van der Waals surface area contributed by atoms with Crippen molar-refractivity contribution in [3.8, 4) is 5.75 Å². The molecule has 0 saturated heterocycles. The second-order valence-corrected chi connectivity index (χ2v) is 7.57. The summed E-state index contributed by atoms with van der Waals surface area (Å²) in [5, 5.41) is 0. The monoisotopic (exact) mass is 373 g/mol. The number of benzene rings is 3. The largest absolute Gasteiger partial charge is 0.426 e. The summed E-state index contributed by atoms with van der Waals surface area (Å²) in [5.41, 5.74) is 10.8. The van der Waals surface area contributed by atoms with E-state index in [-0.39, 0.29) is 11.9 Å². The Morgan fingerprint density at radius 3 is 1.86 bits per heavy atom. The zero-order valence-corrected chi connectivity index (χ0v) is 16.9. The third kappa shape index (κ3) is 3.71. The second kappa shape index (κ2) is 7.99. The zero-order chi connectivity index (χ0) is 20.3. The molecule has 3 rings (SSSR count). The molecule has 3 heteroatoms. The van der Waals surface area contributed by atoms with Gasteiger partial charge < -0.3 is 10.5 Å². The van der Waals surface area contributed by atoms with Crippen LogP contribution in [0.3, 0.4) is 0 Å². The molecular weight excluding hydrogens is 346 g/mol. The van der Waals surface area contributed by atoms with Gasteiger partial charge >= 0.3 is 5.97 Å². The Kier molecular flexibility index (Phi) is 5.66. The fourth-order valence-electron chi connectivity index (χ4n) is 3.48. The molecule has 2 N–H and O–H groups in total. The molecule has 0 amide bonds. The summed E-state index contributed by atoms with van der Waals surface area (Å²) in [6, 6.07) is 23.9. The van der Waals surface area contributed by atoms with Crippen LogP contribution in [0.4, 0.5) is 0 Å². The van der Waals surface area contributed by atoms with Crippen molar-refractivity contribution in [3.05, 3.63) is 101 Å². The van der Waals surface area contributed by atoms with Crippen LogP contribution in [0.25, 0.3) is 0 Å². The van der Waals surface area contributed by atoms with Crippen LogP contribution in [0, 0.1) is 19.8 Å². The number of rotatable bonds is 5. The summed E-state index contributed by atoms with van der Waals surface area (Å²) in [5.74, 6) is 0.0466. The molecule has 0 aliphatic carbocycles. The number of esters is 1. The number of aryl methyl sites for hydroxylation is 2. The number of carbonyl (C=O) groups is 1. The summed E-state index contributed by atoms with van der Waals surface area (Å²) in [6.45, 7) is 7.64. The lowest BCUT2D eigenvalue weighted by Crippen LogP contribution is -2.40. The quantitative estimate of drug-likeness (QED) is 0.384. The number of hydrogen-bond acceptors (Lipinski definition) is 3.